The van der Waals surface area contributed by atoms with Gasteiger partial charge in [0.25, 0.3) is 0 Å². The molecular formula is C8H6INO2S. The Morgan fingerprint density at radius 3 is 3.00 bits per heavy atom. The number of halogens is 1. The average Bonchev–Trinajstić information content (AvgIpc) is 2.47. The van der Waals surface area contributed by atoms with Gasteiger partial charge in [-0.05, 0) is 29.5 Å². The second kappa shape index (κ2) is 4.58. The molecule has 0 radical (unpaired) electrons. The summed E-state index contributed by atoms with van der Waals surface area (Å²) in [5, 5.41) is 10.3. The maximum absolute atomic E-state index is 11.3. The minimum absolute atomic E-state index is 0.349. The molecule has 0 aliphatic heterocycles. The van der Waals surface area contributed by atoms with Crippen LogP contribution in [0.15, 0.2) is 5.38 Å². The van der Waals surface area contributed by atoms with E-state index < -0.39 is 0 Å². The molecule has 0 unspecified atom stereocenters. The average molecular weight is 307 g/mol. The van der Waals surface area contributed by atoms with Gasteiger partial charge < -0.3 is 4.74 Å². The van der Waals surface area contributed by atoms with Gasteiger partial charge in [-0.3, -0.25) is 0 Å². The van der Waals surface area contributed by atoms with Crippen molar-refractivity contribution in [2.75, 3.05) is 6.61 Å². The number of rotatable bonds is 2. The lowest BCUT2D eigenvalue weighted by Gasteiger charge is -1.98. The van der Waals surface area contributed by atoms with E-state index >= 15 is 0 Å². The molecule has 0 aliphatic carbocycles. The normalized spacial score (nSPS) is 9.31. The monoisotopic (exact) mass is 307 g/mol. The van der Waals surface area contributed by atoms with Crippen LogP contribution in [-0.4, -0.2) is 12.6 Å². The van der Waals surface area contributed by atoms with E-state index in [1.165, 1.54) is 11.3 Å². The van der Waals surface area contributed by atoms with Gasteiger partial charge in [0.15, 0.2) is 0 Å². The van der Waals surface area contributed by atoms with Crippen LogP contribution in [0.4, 0.5) is 0 Å². The van der Waals surface area contributed by atoms with Crippen LogP contribution in [-0.2, 0) is 4.74 Å². The summed E-state index contributed by atoms with van der Waals surface area (Å²) in [5.41, 5.74) is 0.536. The number of carbonyl (C=O) groups excluding carboxylic acids is 1. The Morgan fingerprint density at radius 2 is 2.54 bits per heavy atom. The molecule has 1 heterocycles. The Hall–Kier alpha value is -0.610. The van der Waals surface area contributed by atoms with Crippen molar-refractivity contribution in [3.8, 4) is 6.07 Å². The fraction of sp³-hybridized carbons (Fsp3) is 0.250. The van der Waals surface area contributed by atoms with Gasteiger partial charge in [-0.15, -0.1) is 11.3 Å². The fourth-order valence-electron chi connectivity index (χ4n) is 0.753. The quantitative estimate of drug-likeness (QED) is 0.623. The second-order valence-corrected chi connectivity index (χ2v) is 4.08. The predicted molar refractivity (Wildman–Crippen MR) is 57.7 cm³/mol. The minimum Gasteiger partial charge on any atom is -0.462 e. The summed E-state index contributed by atoms with van der Waals surface area (Å²) in [6, 6.07) is 2.01. The van der Waals surface area contributed by atoms with Crippen molar-refractivity contribution < 1.29 is 9.53 Å². The largest absolute Gasteiger partial charge is 0.462 e. The van der Waals surface area contributed by atoms with E-state index in [-0.39, 0.29) is 5.97 Å². The first-order valence-electron chi connectivity index (χ1n) is 3.55. The first-order valence-corrected chi connectivity index (χ1v) is 5.50. The molecule has 0 saturated carbocycles. The van der Waals surface area contributed by atoms with Crippen molar-refractivity contribution in [1.29, 1.82) is 5.26 Å². The first kappa shape index (κ1) is 10.5. The van der Waals surface area contributed by atoms with E-state index in [1.807, 2.05) is 28.7 Å². The molecule has 0 amide bonds. The zero-order chi connectivity index (χ0) is 9.84. The Balaban J connectivity index is 2.97. The molecule has 0 N–H and O–H groups in total. The summed E-state index contributed by atoms with van der Waals surface area (Å²) in [4.78, 5) is 11.8. The molecule has 3 nitrogen and oxygen atoms in total. The maximum Gasteiger partial charge on any atom is 0.349 e. The third kappa shape index (κ3) is 2.19. The number of nitriles is 1. The molecular weight excluding hydrogens is 301 g/mol. The number of carbonyl (C=O) groups is 1. The lowest BCUT2D eigenvalue weighted by molar-refractivity contribution is 0.0531. The predicted octanol–water partition coefficient (Wildman–Crippen LogP) is 2.40. The highest BCUT2D eigenvalue weighted by Gasteiger charge is 2.16. The highest BCUT2D eigenvalue weighted by Crippen LogP contribution is 2.24. The summed E-state index contributed by atoms with van der Waals surface area (Å²) in [6.07, 6.45) is 0. The number of ether oxygens (including phenoxy) is 1. The van der Waals surface area contributed by atoms with Crippen molar-refractivity contribution in [3.63, 3.8) is 0 Å². The van der Waals surface area contributed by atoms with Gasteiger partial charge in [-0.25, -0.2) is 4.79 Å². The van der Waals surface area contributed by atoms with Gasteiger partial charge >= 0.3 is 5.97 Å². The minimum atomic E-state index is -0.349. The standard InChI is InChI=1S/C8H6INO2S/c1-2-12-8(11)7-6(9)5(3-10)4-13-7/h4H,2H2,1H3. The van der Waals surface area contributed by atoms with Crippen molar-refractivity contribution in [3.05, 3.63) is 19.4 Å². The van der Waals surface area contributed by atoms with Gasteiger partial charge in [0.05, 0.1) is 15.7 Å². The molecule has 1 aromatic heterocycles. The first-order chi connectivity index (χ1) is 6.20. The van der Waals surface area contributed by atoms with Crippen LogP contribution in [0.3, 0.4) is 0 Å². The molecule has 0 aromatic carbocycles. The third-order valence-corrected chi connectivity index (χ3v) is 3.76. The van der Waals surface area contributed by atoms with E-state index in [2.05, 4.69) is 0 Å². The Morgan fingerprint density at radius 1 is 1.85 bits per heavy atom. The number of esters is 1. The molecule has 0 spiro atoms. The van der Waals surface area contributed by atoms with Gasteiger partial charge in [0, 0.05) is 5.38 Å². The lowest BCUT2D eigenvalue weighted by Crippen LogP contribution is -2.03. The SMILES string of the molecule is CCOC(=O)c1scc(C#N)c1I. The summed E-state index contributed by atoms with van der Waals surface area (Å²) >= 11 is 3.22. The molecule has 0 aliphatic rings. The second-order valence-electron chi connectivity index (χ2n) is 2.12. The van der Waals surface area contributed by atoms with Crippen LogP contribution in [0.2, 0.25) is 0 Å². The molecule has 1 aromatic rings. The molecule has 13 heavy (non-hydrogen) atoms. The zero-order valence-corrected chi connectivity index (χ0v) is 9.81. The molecule has 0 atom stereocenters. The van der Waals surface area contributed by atoms with Crippen molar-refractivity contribution in [1.82, 2.24) is 0 Å². The lowest BCUT2D eigenvalue weighted by atomic mass is 10.3. The van der Waals surface area contributed by atoms with Gasteiger partial charge in [-0.1, -0.05) is 0 Å². The number of hydrogen-bond acceptors (Lipinski definition) is 4. The van der Waals surface area contributed by atoms with Crippen LogP contribution in [0.25, 0.3) is 0 Å². The van der Waals surface area contributed by atoms with Crippen molar-refractivity contribution >= 4 is 39.9 Å². The maximum atomic E-state index is 11.3. The van der Waals surface area contributed by atoms with E-state index in [0.29, 0.717) is 20.6 Å². The summed E-state index contributed by atoms with van der Waals surface area (Å²) in [6.45, 7) is 2.11. The number of nitrogens with zero attached hydrogens (tertiary/aromatic N) is 1. The van der Waals surface area contributed by atoms with Crippen LogP contribution < -0.4 is 0 Å². The molecule has 5 heteroatoms. The van der Waals surface area contributed by atoms with Gasteiger partial charge in [-0.2, -0.15) is 5.26 Å². The van der Waals surface area contributed by atoms with Crippen LogP contribution in [0.5, 0.6) is 0 Å². The van der Waals surface area contributed by atoms with Crippen LogP contribution in [0.1, 0.15) is 22.2 Å². The van der Waals surface area contributed by atoms with Crippen LogP contribution >= 0.6 is 33.9 Å². The van der Waals surface area contributed by atoms with E-state index in [4.69, 9.17) is 10.00 Å². The topological polar surface area (TPSA) is 50.1 Å². The Labute approximate surface area is 93.5 Å². The van der Waals surface area contributed by atoms with E-state index in [0.717, 1.165) is 0 Å². The Bertz CT molecular complexity index is 367. The Kier molecular flexibility index (Phi) is 3.69. The molecule has 0 saturated heterocycles. The van der Waals surface area contributed by atoms with Crippen molar-refractivity contribution in [2.45, 2.75) is 6.92 Å². The smallest absolute Gasteiger partial charge is 0.349 e. The summed E-state index contributed by atoms with van der Waals surface area (Å²) < 4.78 is 5.51. The summed E-state index contributed by atoms with van der Waals surface area (Å²) in [7, 11) is 0. The van der Waals surface area contributed by atoms with Crippen LogP contribution in [0, 0.1) is 14.9 Å². The van der Waals surface area contributed by atoms with Gasteiger partial charge in [0.1, 0.15) is 10.9 Å². The highest BCUT2D eigenvalue weighted by atomic mass is 127. The molecule has 1 rings (SSSR count). The third-order valence-electron chi connectivity index (χ3n) is 1.31. The number of hydrogen-bond donors (Lipinski definition) is 0. The van der Waals surface area contributed by atoms with E-state index in [1.54, 1.807) is 12.3 Å². The van der Waals surface area contributed by atoms with E-state index in [9.17, 15) is 4.79 Å². The van der Waals surface area contributed by atoms with Crippen molar-refractivity contribution in [2.24, 2.45) is 0 Å². The number of thiophene rings is 1. The molecule has 68 valence electrons. The zero-order valence-electron chi connectivity index (χ0n) is 6.83. The highest BCUT2D eigenvalue weighted by molar-refractivity contribution is 14.1. The molecule has 0 bridgehead atoms. The molecule has 0 fully saturated rings. The van der Waals surface area contributed by atoms with Gasteiger partial charge in [0.2, 0.25) is 0 Å². The summed E-state index contributed by atoms with van der Waals surface area (Å²) in [5.74, 6) is -0.349. The fourth-order valence-corrected chi connectivity index (χ4v) is 2.62.